The molecule has 4 heteroatoms. The molecule has 0 aliphatic carbocycles. The van der Waals surface area contributed by atoms with Gasteiger partial charge in [-0.1, -0.05) is 39.7 Å². The lowest BCUT2D eigenvalue weighted by Crippen LogP contribution is -1.86. The minimum absolute atomic E-state index is 0.615. The summed E-state index contributed by atoms with van der Waals surface area (Å²) >= 11 is 11.2. The van der Waals surface area contributed by atoms with E-state index in [4.69, 9.17) is 17.3 Å². The first-order valence-electron chi connectivity index (χ1n) is 5.07. The number of halogens is 2. The first-order chi connectivity index (χ1) is 8.15. The van der Waals surface area contributed by atoms with Crippen LogP contribution in [0, 0.1) is 0 Å². The van der Waals surface area contributed by atoms with E-state index in [1.165, 1.54) is 5.56 Å². The van der Waals surface area contributed by atoms with E-state index in [2.05, 4.69) is 28.1 Å². The fraction of sp³-hybridized carbons (Fsp3) is 0.0769. The van der Waals surface area contributed by atoms with Gasteiger partial charge in [-0.25, -0.2) is 0 Å². The van der Waals surface area contributed by atoms with Crippen molar-refractivity contribution in [3.63, 3.8) is 0 Å². The molecule has 0 atom stereocenters. The topological polar surface area (TPSA) is 26.0 Å². The fourth-order valence-corrected chi connectivity index (χ4v) is 2.96. The largest absolute Gasteiger partial charge is 0.398 e. The number of thioether (sulfide) groups is 1. The Hall–Kier alpha value is -0.640. The summed E-state index contributed by atoms with van der Waals surface area (Å²) in [5.74, 6) is 0.916. The second kappa shape index (κ2) is 5.80. The Balaban J connectivity index is 2.05. The molecule has 0 aliphatic heterocycles. The molecule has 2 N–H and O–H groups in total. The molecule has 0 unspecified atom stereocenters. The van der Waals surface area contributed by atoms with E-state index < -0.39 is 0 Å². The highest BCUT2D eigenvalue weighted by atomic mass is 79.9. The number of hydrogen-bond acceptors (Lipinski definition) is 2. The van der Waals surface area contributed by atoms with E-state index in [0.717, 1.165) is 15.1 Å². The van der Waals surface area contributed by atoms with Crippen molar-refractivity contribution in [2.24, 2.45) is 0 Å². The van der Waals surface area contributed by atoms with Gasteiger partial charge in [0.15, 0.2) is 0 Å². The molecule has 2 aromatic rings. The summed E-state index contributed by atoms with van der Waals surface area (Å²) in [6.45, 7) is 0. The van der Waals surface area contributed by atoms with Crippen LogP contribution in [-0.2, 0) is 5.75 Å². The predicted molar refractivity (Wildman–Crippen MR) is 79.6 cm³/mol. The van der Waals surface area contributed by atoms with Gasteiger partial charge in [0, 0.05) is 15.1 Å². The summed E-state index contributed by atoms with van der Waals surface area (Å²) in [6, 6.07) is 14.0. The van der Waals surface area contributed by atoms with Crippen LogP contribution in [0.15, 0.2) is 51.8 Å². The first-order valence-corrected chi connectivity index (χ1v) is 7.23. The molecule has 0 amide bonds. The van der Waals surface area contributed by atoms with Crippen molar-refractivity contribution in [3.8, 4) is 0 Å². The van der Waals surface area contributed by atoms with Crippen LogP contribution in [0.5, 0.6) is 0 Å². The highest BCUT2D eigenvalue weighted by molar-refractivity contribution is 9.10. The van der Waals surface area contributed by atoms with Crippen molar-refractivity contribution in [1.82, 2.24) is 0 Å². The number of nitrogens with two attached hydrogens (primary N) is 1. The lowest BCUT2D eigenvalue weighted by molar-refractivity contribution is 1.37. The molecule has 0 saturated carbocycles. The molecule has 0 bridgehead atoms. The molecule has 2 aromatic carbocycles. The van der Waals surface area contributed by atoms with E-state index >= 15 is 0 Å². The normalized spacial score (nSPS) is 10.5. The van der Waals surface area contributed by atoms with Gasteiger partial charge in [0.25, 0.3) is 0 Å². The molecule has 1 nitrogen and oxygen atoms in total. The zero-order chi connectivity index (χ0) is 12.3. The van der Waals surface area contributed by atoms with Crippen molar-refractivity contribution < 1.29 is 0 Å². The van der Waals surface area contributed by atoms with Crippen molar-refractivity contribution in [1.29, 1.82) is 0 Å². The van der Waals surface area contributed by atoms with Crippen LogP contribution >= 0.6 is 39.3 Å². The van der Waals surface area contributed by atoms with Crippen molar-refractivity contribution in [2.45, 2.75) is 10.6 Å². The van der Waals surface area contributed by atoms with Crippen LogP contribution in [0.3, 0.4) is 0 Å². The fourth-order valence-electron chi connectivity index (χ4n) is 1.39. The molecule has 0 saturated heterocycles. The Morgan fingerprint density at radius 2 is 2.00 bits per heavy atom. The third kappa shape index (κ3) is 3.66. The van der Waals surface area contributed by atoms with Gasteiger partial charge in [0.1, 0.15) is 0 Å². The number of nitrogen functional groups attached to an aromatic ring is 1. The zero-order valence-corrected chi connectivity index (χ0v) is 12.1. The quantitative estimate of drug-likeness (QED) is 0.635. The lowest BCUT2D eigenvalue weighted by Gasteiger charge is -2.04. The van der Waals surface area contributed by atoms with Gasteiger partial charge in [0.05, 0.1) is 10.7 Å². The molecule has 0 heterocycles. The Morgan fingerprint density at radius 1 is 1.18 bits per heavy atom. The van der Waals surface area contributed by atoms with Gasteiger partial charge in [-0.05, 0) is 35.9 Å². The van der Waals surface area contributed by atoms with Crippen LogP contribution in [-0.4, -0.2) is 0 Å². The smallest absolute Gasteiger partial charge is 0.0646 e. The molecule has 17 heavy (non-hydrogen) atoms. The van der Waals surface area contributed by atoms with Gasteiger partial charge in [-0.2, -0.15) is 0 Å². The van der Waals surface area contributed by atoms with Gasteiger partial charge in [-0.3, -0.25) is 0 Å². The third-order valence-corrected chi connectivity index (χ3v) is 4.15. The van der Waals surface area contributed by atoms with E-state index in [9.17, 15) is 0 Å². The van der Waals surface area contributed by atoms with Crippen LogP contribution < -0.4 is 5.73 Å². The molecule has 0 aromatic heterocycles. The molecule has 0 spiro atoms. The molecular formula is C13H11BrClNS. The van der Waals surface area contributed by atoms with Crippen molar-refractivity contribution >= 4 is 45.0 Å². The maximum atomic E-state index is 5.97. The molecular weight excluding hydrogens is 318 g/mol. The Bertz CT molecular complexity index is 531. The standard InChI is InChI=1S/C13H11BrClNS/c14-10-3-1-2-9(6-10)8-17-11-4-5-13(16)12(15)7-11/h1-7H,8,16H2. The van der Waals surface area contributed by atoms with Crippen LogP contribution in [0.1, 0.15) is 5.56 Å². The Labute approximate surface area is 118 Å². The average molecular weight is 329 g/mol. The van der Waals surface area contributed by atoms with Gasteiger partial charge >= 0.3 is 0 Å². The molecule has 88 valence electrons. The average Bonchev–Trinajstić information content (AvgIpc) is 2.31. The predicted octanol–water partition coefficient (Wildman–Crippen LogP) is 4.98. The highest BCUT2D eigenvalue weighted by Gasteiger charge is 2.00. The summed E-state index contributed by atoms with van der Waals surface area (Å²) < 4.78 is 1.10. The van der Waals surface area contributed by atoms with Crippen LogP contribution in [0.25, 0.3) is 0 Å². The second-order valence-electron chi connectivity index (χ2n) is 3.60. The maximum absolute atomic E-state index is 5.97. The van der Waals surface area contributed by atoms with Gasteiger partial charge < -0.3 is 5.73 Å². The van der Waals surface area contributed by atoms with Crippen molar-refractivity contribution in [2.75, 3.05) is 5.73 Å². The molecule has 0 fully saturated rings. The van der Waals surface area contributed by atoms with E-state index in [1.54, 1.807) is 11.8 Å². The number of benzene rings is 2. The van der Waals surface area contributed by atoms with Crippen molar-refractivity contribution in [3.05, 3.63) is 57.5 Å². The Kier molecular flexibility index (Phi) is 4.37. The second-order valence-corrected chi connectivity index (χ2v) is 5.97. The first kappa shape index (κ1) is 12.8. The van der Waals surface area contributed by atoms with E-state index in [1.807, 2.05) is 30.3 Å². The number of hydrogen-bond donors (Lipinski definition) is 1. The molecule has 2 rings (SSSR count). The summed E-state index contributed by atoms with van der Waals surface area (Å²) in [5.41, 5.74) is 7.57. The monoisotopic (exact) mass is 327 g/mol. The summed E-state index contributed by atoms with van der Waals surface area (Å²) in [6.07, 6.45) is 0. The van der Waals surface area contributed by atoms with Crippen LogP contribution in [0.2, 0.25) is 5.02 Å². The lowest BCUT2D eigenvalue weighted by atomic mass is 10.2. The summed E-state index contributed by atoms with van der Waals surface area (Å²) in [7, 11) is 0. The third-order valence-electron chi connectivity index (χ3n) is 2.27. The minimum Gasteiger partial charge on any atom is -0.398 e. The number of rotatable bonds is 3. The molecule has 0 radical (unpaired) electrons. The maximum Gasteiger partial charge on any atom is 0.0646 e. The summed E-state index contributed by atoms with van der Waals surface area (Å²) in [5, 5.41) is 0.615. The summed E-state index contributed by atoms with van der Waals surface area (Å²) in [4.78, 5) is 1.13. The zero-order valence-electron chi connectivity index (χ0n) is 8.99. The SMILES string of the molecule is Nc1ccc(SCc2cccc(Br)c2)cc1Cl. The van der Waals surface area contributed by atoms with Gasteiger partial charge in [-0.15, -0.1) is 11.8 Å². The number of anilines is 1. The molecule has 0 aliphatic rings. The minimum atomic E-state index is 0.615. The van der Waals surface area contributed by atoms with E-state index in [-0.39, 0.29) is 0 Å². The van der Waals surface area contributed by atoms with Gasteiger partial charge in [0.2, 0.25) is 0 Å². The van der Waals surface area contributed by atoms with Crippen LogP contribution in [0.4, 0.5) is 5.69 Å². The highest BCUT2D eigenvalue weighted by Crippen LogP contribution is 2.29. The van der Waals surface area contributed by atoms with E-state index in [0.29, 0.717) is 10.7 Å². The Morgan fingerprint density at radius 3 is 2.71 bits per heavy atom.